The van der Waals surface area contributed by atoms with Crippen molar-refractivity contribution in [3.63, 3.8) is 0 Å². The van der Waals surface area contributed by atoms with E-state index in [0.717, 1.165) is 0 Å². The predicted molar refractivity (Wildman–Crippen MR) is 117 cm³/mol. The molecule has 0 aromatic carbocycles. The number of nitrogens with one attached hydrogen (secondary N) is 3. The van der Waals surface area contributed by atoms with Crippen molar-refractivity contribution in [1.29, 1.82) is 0 Å². The molecule has 4 unspecified atom stereocenters. The van der Waals surface area contributed by atoms with Gasteiger partial charge >= 0.3 is 5.97 Å². The summed E-state index contributed by atoms with van der Waals surface area (Å²) in [5, 5.41) is 26.3. The van der Waals surface area contributed by atoms with Crippen LogP contribution in [-0.4, -0.2) is 64.7 Å². The summed E-state index contributed by atoms with van der Waals surface area (Å²) in [6.45, 7) is 10.5. The van der Waals surface area contributed by atoms with Gasteiger partial charge in [-0.25, -0.2) is 4.79 Å². The molecule has 0 saturated heterocycles. The van der Waals surface area contributed by atoms with Gasteiger partial charge in [0.1, 0.15) is 18.1 Å². The van der Waals surface area contributed by atoms with Crippen molar-refractivity contribution in [2.75, 3.05) is 6.61 Å². The molecule has 0 aliphatic carbocycles. The molecule has 0 spiro atoms. The number of rotatable bonds is 14. The molecular formula is C21H40N4O6. The summed E-state index contributed by atoms with van der Waals surface area (Å²) in [6.07, 6.45) is 0.910. The van der Waals surface area contributed by atoms with Crippen LogP contribution in [0.25, 0.3) is 0 Å². The second-order valence-corrected chi connectivity index (χ2v) is 9.20. The first kappa shape index (κ1) is 28.8. The average Bonchev–Trinajstić information content (AvgIpc) is 2.62. The number of aliphatic carboxylic acids is 1. The van der Waals surface area contributed by atoms with E-state index in [1.165, 1.54) is 0 Å². The first-order valence-corrected chi connectivity index (χ1v) is 10.8. The van der Waals surface area contributed by atoms with Gasteiger partial charge in [-0.3, -0.25) is 14.4 Å². The minimum absolute atomic E-state index is 0.0195. The molecule has 10 heteroatoms. The largest absolute Gasteiger partial charge is 0.480 e. The summed E-state index contributed by atoms with van der Waals surface area (Å²) in [5.74, 6) is -2.87. The molecule has 7 N–H and O–H groups in total. The summed E-state index contributed by atoms with van der Waals surface area (Å²) in [7, 11) is 0. The number of carbonyl (C=O) groups excluding carboxylic acids is 3. The van der Waals surface area contributed by atoms with E-state index in [9.17, 15) is 29.4 Å². The van der Waals surface area contributed by atoms with Gasteiger partial charge < -0.3 is 31.9 Å². The van der Waals surface area contributed by atoms with Gasteiger partial charge in [0, 0.05) is 0 Å². The molecule has 0 aromatic rings. The van der Waals surface area contributed by atoms with Crippen LogP contribution in [0.4, 0.5) is 0 Å². The fourth-order valence-electron chi connectivity index (χ4n) is 3.03. The summed E-state index contributed by atoms with van der Waals surface area (Å²) < 4.78 is 0. The van der Waals surface area contributed by atoms with Crippen LogP contribution >= 0.6 is 0 Å². The zero-order valence-electron chi connectivity index (χ0n) is 19.5. The maximum Gasteiger partial charge on any atom is 0.326 e. The first-order valence-electron chi connectivity index (χ1n) is 10.8. The van der Waals surface area contributed by atoms with Crippen LogP contribution in [0.1, 0.15) is 60.8 Å². The van der Waals surface area contributed by atoms with E-state index in [-0.39, 0.29) is 30.6 Å². The van der Waals surface area contributed by atoms with Crippen LogP contribution in [0.3, 0.4) is 0 Å². The number of hydrogen-bond acceptors (Lipinski definition) is 6. The Labute approximate surface area is 184 Å². The lowest BCUT2D eigenvalue weighted by Gasteiger charge is -2.26. The second-order valence-electron chi connectivity index (χ2n) is 9.20. The van der Waals surface area contributed by atoms with E-state index in [0.29, 0.717) is 6.42 Å². The normalized spacial score (nSPS) is 15.3. The molecule has 0 bridgehead atoms. The molecule has 10 nitrogen and oxygen atoms in total. The SMILES string of the molecule is CC(C)CC(N)C(=O)NC(CO)C(=O)NC(CC(C)C)C(=O)NC(CC(C)C)C(=O)O. The summed E-state index contributed by atoms with van der Waals surface area (Å²) in [4.78, 5) is 49.0. The fourth-order valence-corrected chi connectivity index (χ4v) is 3.03. The Balaban J connectivity index is 5.25. The van der Waals surface area contributed by atoms with Crippen molar-refractivity contribution in [2.45, 2.75) is 85.0 Å². The van der Waals surface area contributed by atoms with Crippen LogP contribution in [0.15, 0.2) is 0 Å². The third-order valence-electron chi connectivity index (χ3n) is 4.54. The Morgan fingerprint density at radius 1 is 0.677 bits per heavy atom. The second kappa shape index (κ2) is 14.0. The standard InChI is InChI=1S/C21H40N4O6/c1-11(2)7-14(22)18(27)25-17(10-26)20(29)23-15(8-12(3)4)19(28)24-16(21(30)31)9-13(5)6/h11-17,26H,7-10,22H2,1-6H3,(H,23,29)(H,24,28)(H,25,27)(H,30,31). The van der Waals surface area contributed by atoms with Crippen molar-refractivity contribution >= 4 is 23.7 Å². The van der Waals surface area contributed by atoms with Crippen LogP contribution in [0.5, 0.6) is 0 Å². The van der Waals surface area contributed by atoms with E-state index in [2.05, 4.69) is 16.0 Å². The number of aliphatic hydroxyl groups excluding tert-OH is 1. The molecule has 0 fully saturated rings. The monoisotopic (exact) mass is 444 g/mol. The number of carboxylic acid groups (broad SMARTS) is 1. The van der Waals surface area contributed by atoms with E-state index in [1.807, 2.05) is 41.5 Å². The third-order valence-corrected chi connectivity index (χ3v) is 4.54. The highest BCUT2D eigenvalue weighted by molar-refractivity contribution is 5.94. The number of amides is 3. The zero-order chi connectivity index (χ0) is 24.3. The topological polar surface area (TPSA) is 171 Å². The maximum atomic E-state index is 12.7. The molecule has 4 atom stereocenters. The molecule has 0 heterocycles. The lowest BCUT2D eigenvalue weighted by Crippen LogP contribution is -2.58. The Morgan fingerprint density at radius 3 is 1.48 bits per heavy atom. The summed E-state index contributed by atoms with van der Waals surface area (Å²) >= 11 is 0. The number of carbonyl (C=O) groups is 4. The number of carboxylic acids is 1. The molecule has 0 aliphatic heterocycles. The molecule has 0 saturated carbocycles. The third kappa shape index (κ3) is 11.7. The minimum atomic E-state index is -1.28. The summed E-state index contributed by atoms with van der Waals surface area (Å²) in [5.41, 5.74) is 5.81. The highest BCUT2D eigenvalue weighted by atomic mass is 16.4. The smallest absolute Gasteiger partial charge is 0.326 e. The Morgan fingerprint density at radius 2 is 1.06 bits per heavy atom. The van der Waals surface area contributed by atoms with Gasteiger partial charge in [-0.15, -0.1) is 0 Å². The van der Waals surface area contributed by atoms with Crippen molar-refractivity contribution in [1.82, 2.24) is 16.0 Å². The van der Waals surface area contributed by atoms with Crippen LogP contribution in [0.2, 0.25) is 0 Å². The number of nitrogens with two attached hydrogens (primary N) is 1. The average molecular weight is 445 g/mol. The lowest BCUT2D eigenvalue weighted by atomic mass is 10.00. The van der Waals surface area contributed by atoms with Crippen LogP contribution in [-0.2, 0) is 19.2 Å². The van der Waals surface area contributed by atoms with Gasteiger partial charge in [0.15, 0.2) is 0 Å². The Bertz CT molecular complexity index is 609. The van der Waals surface area contributed by atoms with Gasteiger partial charge in [0.05, 0.1) is 12.6 Å². The molecule has 0 aromatic heterocycles. The zero-order valence-corrected chi connectivity index (χ0v) is 19.5. The summed E-state index contributed by atoms with van der Waals surface area (Å²) in [6, 6.07) is -4.21. The van der Waals surface area contributed by atoms with Crippen molar-refractivity contribution < 1.29 is 29.4 Å². The van der Waals surface area contributed by atoms with Crippen molar-refractivity contribution in [2.24, 2.45) is 23.5 Å². The Kier molecular flexibility index (Phi) is 13.0. The highest BCUT2D eigenvalue weighted by Gasteiger charge is 2.30. The lowest BCUT2D eigenvalue weighted by molar-refractivity contribution is -0.143. The maximum absolute atomic E-state index is 12.7. The van der Waals surface area contributed by atoms with Crippen LogP contribution < -0.4 is 21.7 Å². The van der Waals surface area contributed by atoms with E-state index >= 15 is 0 Å². The van der Waals surface area contributed by atoms with Gasteiger partial charge in [0.2, 0.25) is 17.7 Å². The first-order chi connectivity index (χ1) is 14.3. The predicted octanol–water partition coefficient (Wildman–Crippen LogP) is -0.0167. The van der Waals surface area contributed by atoms with Gasteiger partial charge in [-0.2, -0.15) is 0 Å². The van der Waals surface area contributed by atoms with E-state index in [4.69, 9.17) is 5.73 Å². The van der Waals surface area contributed by atoms with Crippen molar-refractivity contribution in [3.05, 3.63) is 0 Å². The van der Waals surface area contributed by atoms with E-state index in [1.54, 1.807) is 0 Å². The molecule has 3 amide bonds. The molecule has 31 heavy (non-hydrogen) atoms. The molecule has 0 radical (unpaired) electrons. The fraction of sp³-hybridized carbons (Fsp3) is 0.810. The van der Waals surface area contributed by atoms with Crippen LogP contribution in [0, 0.1) is 17.8 Å². The highest BCUT2D eigenvalue weighted by Crippen LogP contribution is 2.09. The van der Waals surface area contributed by atoms with Crippen molar-refractivity contribution in [3.8, 4) is 0 Å². The molecule has 0 aliphatic rings. The Hall–Kier alpha value is -2.20. The van der Waals surface area contributed by atoms with Gasteiger partial charge in [-0.05, 0) is 37.0 Å². The van der Waals surface area contributed by atoms with Gasteiger partial charge in [-0.1, -0.05) is 41.5 Å². The molecular weight excluding hydrogens is 404 g/mol. The van der Waals surface area contributed by atoms with Gasteiger partial charge in [0.25, 0.3) is 0 Å². The molecule has 180 valence electrons. The quantitative estimate of drug-likeness (QED) is 0.219. The molecule has 0 rings (SSSR count). The number of aliphatic hydroxyl groups is 1. The minimum Gasteiger partial charge on any atom is -0.480 e. The van der Waals surface area contributed by atoms with E-state index < -0.39 is 54.5 Å². The number of hydrogen-bond donors (Lipinski definition) is 6.